The van der Waals surface area contributed by atoms with Gasteiger partial charge in [-0.25, -0.2) is 9.59 Å². The highest BCUT2D eigenvalue weighted by Crippen LogP contribution is 2.20. The van der Waals surface area contributed by atoms with Crippen LogP contribution >= 0.6 is 0 Å². The molecule has 0 N–H and O–H groups in total. The molecule has 0 amide bonds. The monoisotopic (exact) mass is 346 g/mol. The lowest BCUT2D eigenvalue weighted by Crippen LogP contribution is -2.08. The van der Waals surface area contributed by atoms with E-state index in [1.54, 1.807) is 36.7 Å². The maximum Gasteiger partial charge on any atom is 0.338 e. The normalized spacial score (nSPS) is 11.0. The Kier molecular flexibility index (Phi) is 3.93. The molecule has 0 fully saturated rings. The van der Waals surface area contributed by atoms with Crippen LogP contribution in [0.25, 0.3) is 22.0 Å². The Morgan fingerprint density at radius 1 is 1.04 bits per heavy atom. The molecule has 2 aromatic carbocycles. The van der Waals surface area contributed by atoms with E-state index < -0.39 is 11.6 Å². The Bertz CT molecular complexity index is 1200. The van der Waals surface area contributed by atoms with Crippen LogP contribution in [0.1, 0.15) is 21.5 Å². The highest BCUT2D eigenvalue weighted by atomic mass is 16.5. The van der Waals surface area contributed by atoms with Crippen LogP contribution in [-0.2, 0) is 11.3 Å². The van der Waals surface area contributed by atoms with E-state index in [4.69, 9.17) is 9.15 Å². The van der Waals surface area contributed by atoms with E-state index in [0.29, 0.717) is 27.7 Å². The van der Waals surface area contributed by atoms with Crippen molar-refractivity contribution in [3.05, 3.63) is 82.0 Å². The summed E-state index contributed by atoms with van der Waals surface area (Å²) in [6, 6.07) is 11.9. The van der Waals surface area contributed by atoms with Gasteiger partial charge in [-0.15, -0.1) is 0 Å². The zero-order valence-electron chi connectivity index (χ0n) is 13.9. The van der Waals surface area contributed by atoms with Crippen molar-refractivity contribution in [2.24, 2.45) is 0 Å². The van der Waals surface area contributed by atoms with E-state index in [2.05, 4.69) is 9.97 Å². The quantitative estimate of drug-likeness (QED) is 0.418. The number of carbonyl (C=O) groups excluding carboxylic acids is 1. The van der Waals surface area contributed by atoms with Crippen LogP contribution in [0.2, 0.25) is 0 Å². The summed E-state index contributed by atoms with van der Waals surface area (Å²) in [4.78, 5) is 32.5. The average Bonchev–Trinajstić information content (AvgIpc) is 2.65. The molecule has 0 saturated heterocycles. The third-order valence-electron chi connectivity index (χ3n) is 4.05. The van der Waals surface area contributed by atoms with E-state index in [0.717, 1.165) is 10.9 Å². The van der Waals surface area contributed by atoms with Crippen LogP contribution in [0.15, 0.2) is 64.1 Å². The molecule has 26 heavy (non-hydrogen) atoms. The summed E-state index contributed by atoms with van der Waals surface area (Å²) in [5.74, 6) is -0.494. The number of carbonyl (C=O) groups is 1. The van der Waals surface area contributed by atoms with Gasteiger partial charge in [-0.05, 0) is 36.8 Å². The number of rotatable bonds is 3. The summed E-state index contributed by atoms with van der Waals surface area (Å²) in [7, 11) is 0. The Morgan fingerprint density at radius 3 is 2.69 bits per heavy atom. The minimum atomic E-state index is -0.494. The molecule has 2 heterocycles. The number of aromatic nitrogens is 2. The third kappa shape index (κ3) is 3.04. The van der Waals surface area contributed by atoms with Gasteiger partial charge in [-0.3, -0.25) is 9.97 Å². The second kappa shape index (κ2) is 6.40. The van der Waals surface area contributed by atoms with Crippen LogP contribution in [0.5, 0.6) is 0 Å². The van der Waals surface area contributed by atoms with Crippen LogP contribution in [0.3, 0.4) is 0 Å². The maximum atomic E-state index is 12.4. The van der Waals surface area contributed by atoms with Crippen molar-refractivity contribution in [3.63, 3.8) is 0 Å². The number of fused-ring (bicyclic) bond motifs is 2. The van der Waals surface area contributed by atoms with Gasteiger partial charge in [0.1, 0.15) is 12.2 Å². The van der Waals surface area contributed by atoms with E-state index in [9.17, 15) is 9.59 Å². The van der Waals surface area contributed by atoms with Crippen molar-refractivity contribution in [1.82, 2.24) is 9.97 Å². The predicted octanol–water partition coefficient (Wildman–Crippen LogP) is 3.40. The topological polar surface area (TPSA) is 82.3 Å². The lowest BCUT2D eigenvalue weighted by atomic mass is 10.1. The minimum absolute atomic E-state index is 0.0253. The summed E-state index contributed by atoms with van der Waals surface area (Å²) in [5, 5.41) is 0.743. The zero-order chi connectivity index (χ0) is 18.1. The first kappa shape index (κ1) is 16.0. The lowest BCUT2D eigenvalue weighted by Gasteiger charge is -2.08. The summed E-state index contributed by atoms with van der Waals surface area (Å²) in [6.45, 7) is 1.89. The molecule has 0 aliphatic heterocycles. The molecule has 0 radical (unpaired) electrons. The molecule has 6 heteroatoms. The van der Waals surface area contributed by atoms with Gasteiger partial charge in [-0.1, -0.05) is 12.1 Å². The van der Waals surface area contributed by atoms with Crippen LogP contribution in [0.4, 0.5) is 0 Å². The first-order valence-corrected chi connectivity index (χ1v) is 8.01. The van der Waals surface area contributed by atoms with E-state index >= 15 is 0 Å². The molecule has 128 valence electrons. The second-order valence-corrected chi connectivity index (χ2v) is 5.93. The molecule has 0 atom stereocenters. The summed E-state index contributed by atoms with van der Waals surface area (Å²) in [6.07, 6.45) is 3.16. The van der Waals surface area contributed by atoms with Crippen molar-refractivity contribution in [2.75, 3.05) is 0 Å². The Balaban J connectivity index is 1.61. The first-order valence-electron chi connectivity index (χ1n) is 8.01. The average molecular weight is 346 g/mol. The molecule has 4 aromatic rings. The number of benzene rings is 2. The van der Waals surface area contributed by atoms with Crippen molar-refractivity contribution in [3.8, 4) is 0 Å². The van der Waals surface area contributed by atoms with Gasteiger partial charge in [0.15, 0.2) is 0 Å². The largest absolute Gasteiger partial charge is 0.457 e. The van der Waals surface area contributed by atoms with Gasteiger partial charge in [-0.2, -0.15) is 0 Å². The maximum absolute atomic E-state index is 12.4. The molecule has 6 nitrogen and oxygen atoms in total. The fourth-order valence-electron chi connectivity index (χ4n) is 2.77. The van der Waals surface area contributed by atoms with Gasteiger partial charge >= 0.3 is 11.6 Å². The SMILES string of the molecule is Cc1ccc2c(COC(=O)c3ccc4nccnc4c3)cc(=O)oc2c1. The van der Waals surface area contributed by atoms with Crippen molar-refractivity contribution < 1.29 is 13.9 Å². The summed E-state index contributed by atoms with van der Waals surface area (Å²) >= 11 is 0. The van der Waals surface area contributed by atoms with Gasteiger partial charge in [0.05, 0.1) is 16.6 Å². The van der Waals surface area contributed by atoms with E-state index in [-0.39, 0.29) is 6.61 Å². The molecule has 0 spiro atoms. The highest BCUT2D eigenvalue weighted by Gasteiger charge is 2.12. The van der Waals surface area contributed by atoms with E-state index in [1.165, 1.54) is 6.07 Å². The highest BCUT2D eigenvalue weighted by molar-refractivity contribution is 5.93. The van der Waals surface area contributed by atoms with Crippen molar-refractivity contribution in [1.29, 1.82) is 0 Å². The smallest absolute Gasteiger partial charge is 0.338 e. The number of nitrogens with zero attached hydrogens (tertiary/aromatic N) is 2. The Morgan fingerprint density at radius 2 is 1.85 bits per heavy atom. The molecule has 4 rings (SSSR count). The second-order valence-electron chi connectivity index (χ2n) is 5.93. The van der Waals surface area contributed by atoms with Gasteiger partial charge in [0.25, 0.3) is 0 Å². The van der Waals surface area contributed by atoms with Crippen molar-refractivity contribution in [2.45, 2.75) is 13.5 Å². The number of aryl methyl sites for hydroxylation is 1. The van der Waals surface area contributed by atoms with Gasteiger partial charge < -0.3 is 9.15 Å². The fraction of sp³-hybridized carbons (Fsp3) is 0.100. The molecular formula is C20H14N2O4. The minimum Gasteiger partial charge on any atom is -0.457 e. The molecule has 0 bridgehead atoms. The lowest BCUT2D eigenvalue weighted by molar-refractivity contribution is 0.0474. The van der Waals surface area contributed by atoms with Crippen LogP contribution < -0.4 is 5.63 Å². The number of esters is 1. The standard InChI is InChI=1S/C20H14N2O4/c1-12-2-4-15-14(10-19(23)26-18(15)8-12)11-25-20(24)13-3-5-16-17(9-13)22-7-6-21-16/h2-10H,11H2,1H3. The molecule has 2 aromatic heterocycles. The first-order chi connectivity index (χ1) is 12.6. The number of hydrogen-bond acceptors (Lipinski definition) is 6. The Labute approximate surface area is 148 Å². The van der Waals surface area contributed by atoms with Crippen LogP contribution in [-0.4, -0.2) is 15.9 Å². The molecular weight excluding hydrogens is 332 g/mol. The van der Waals surface area contributed by atoms with Gasteiger partial charge in [0.2, 0.25) is 0 Å². The molecule has 0 aliphatic carbocycles. The fourth-order valence-corrected chi connectivity index (χ4v) is 2.77. The summed E-state index contributed by atoms with van der Waals surface area (Å²) < 4.78 is 10.6. The van der Waals surface area contributed by atoms with E-state index in [1.807, 2.05) is 19.1 Å². The van der Waals surface area contributed by atoms with Gasteiger partial charge in [0, 0.05) is 29.4 Å². The molecule has 0 saturated carbocycles. The molecule has 0 unspecified atom stereocenters. The van der Waals surface area contributed by atoms with Crippen molar-refractivity contribution >= 4 is 28.0 Å². The summed E-state index contributed by atoms with van der Waals surface area (Å²) in [5.41, 5.74) is 3.27. The Hall–Kier alpha value is -3.54. The number of ether oxygens (including phenoxy) is 1. The third-order valence-corrected chi connectivity index (χ3v) is 4.05. The zero-order valence-corrected chi connectivity index (χ0v) is 13.9. The molecule has 0 aliphatic rings. The van der Waals surface area contributed by atoms with Crippen LogP contribution in [0, 0.1) is 6.92 Å². The predicted molar refractivity (Wildman–Crippen MR) is 95.9 cm³/mol. The number of hydrogen-bond donors (Lipinski definition) is 0.